The van der Waals surface area contributed by atoms with Gasteiger partial charge in [-0.05, 0) is 37.5 Å². The first kappa shape index (κ1) is 22.1. The van der Waals surface area contributed by atoms with Gasteiger partial charge in [0, 0.05) is 17.1 Å². The lowest BCUT2D eigenvalue weighted by atomic mass is 10.1. The second-order valence-electron chi connectivity index (χ2n) is 6.15. The number of benzene rings is 1. The molecule has 1 atom stereocenters. The molecular weight excluding hydrogens is 373 g/mol. The van der Waals surface area contributed by atoms with Gasteiger partial charge in [-0.3, -0.25) is 4.79 Å². The maximum atomic E-state index is 14.0. The van der Waals surface area contributed by atoms with Gasteiger partial charge < -0.3 is 15.4 Å². The fraction of sp³-hybridized carbons (Fsp3) is 0.529. The molecule has 5 nitrogen and oxygen atoms in total. The zero-order valence-electron chi connectivity index (χ0n) is 15.0. The van der Waals surface area contributed by atoms with Crippen LogP contribution in [0.5, 0.6) is 0 Å². The van der Waals surface area contributed by atoms with Crippen molar-refractivity contribution in [3.63, 3.8) is 0 Å². The predicted octanol–water partition coefficient (Wildman–Crippen LogP) is 4.04. The van der Waals surface area contributed by atoms with E-state index in [-0.39, 0.29) is 29.7 Å². The van der Waals surface area contributed by atoms with Crippen molar-refractivity contribution in [1.82, 2.24) is 5.32 Å². The average molecular weight is 395 g/mol. The Balaban J connectivity index is 3.43. The Kier molecular flexibility index (Phi) is 7.32. The Morgan fingerprint density at radius 1 is 1.27 bits per heavy atom. The van der Waals surface area contributed by atoms with Crippen molar-refractivity contribution in [3.8, 4) is 0 Å². The molecule has 0 heterocycles. The minimum atomic E-state index is -5.17. The molecule has 1 amide bonds. The second kappa shape index (κ2) is 8.62. The van der Waals surface area contributed by atoms with Crippen LogP contribution in [-0.4, -0.2) is 30.3 Å². The zero-order valence-corrected chi connectivity index (χ0v) is 15.7. The van der Waals surface area contributed by atoms with Crippen LogP contribution in [0, 0.1) is 12.8 Å². The van der Waals surface area contributed by atoms with E-state index in [1.54, 1.807) is 19.2 Å². The Morgan fingerprint density at radius 3 is 2.38 bits per heavy atom. The minimum absolute atomic E-state index is 0.0484. The predicted molar refractivity (Wildman–Crippen MR) is 92.8 cm³/mol. The normalized spacial score (nSPS) is 13.9. The van der Waals surface area contributed by atoms with Crippen LogP contribution in [0.15, 0.2) is 18.2 Å². The van der Waals surface area contributed by atoms with E-state index in [1.807, 2.05) is 0 Å². The fourth-order valence-electron chi connectivity index (χ4n) is 2.21. The molecule has 9 heteroatoms. The third-order valence-corrected chi connectivity index (χ3v) is 3.93. The molecule has 0 aliphatic carbocycles. The van der Waals surface area contributed by atoms with E-state index in [4.69, 9.17) is 11.6 Å². The maximum Gasteiger partial charge on any atom is 0.441 e. The summed E-state index contributed by atoms with van der Waals surface area (Å²) in [5.74, 6) is -2.78. The molecule has 2 N–H and O–H groups in total. The van der Waals surface area contributed by atoms with Gasteiger partial charge in [-0.25, -0.2) is 4.79 Å². The lowest BCUT2D eigenvalue weighted by Gasteiger charge is -2.36. The van der Waals surface area contributed by atoms with Crippen molar-refractivity contribution in [1.29, 1.82) is 0 Å². The molecule has 0 aliphatic rings. The van der Waals surface area contributed by atoms with Crippen molar-refractivity contribution in [2.75, 3.05) is 11.9 Å². The summed E-state index contributed by atoms with van der Waals surface area (Å²) < 4.78 is 46.5. The molecular formula is C17H22ClF3N2O3. The highest BCUT2D eigenvalue weighted by Crippen LogP contribution is 2.35. The number of hydrogen-bond acceptors (Lipinski definition) is 4. The number of rotatable bonds is 7. The van der Waals surface area contributed by atoms with Crippen molar-refractivity contribution in [2.45, 2.75) is 46.0 Å². The summed E-state index contributed by atoms with van der Waals surface area (Å²) in [4.78, 5) is 24.4. The van der Waals surface area contributed by atoms with Crippen molar-refractivity contribution in [3.05, 3.63) is 28.8 Å². The van der Waals surface area contributed by atoms with Gasteiger partial charge in [-0.15, -0.1) is 0 Å². The second-order valence-corrected chi connectivity index (χ2v) is 6.56. The van der Waals surface area contributed by atoms with E-state index in [9.17, 15) is 22.8 Å². The summed E-state index contributed by atoms with van der Waals surface area (Å²) in [5.41, 5.74) is -3.18. The summed E-state index contributed by atoms with van der Waals surface area (Å²) in [6.45, 7) is 5.93. The van der Waals surface area contributed by atoms with Crippen molar-refractivity contribution < 1.29 is 27.5 Å². The summed E-state index contributed by atoms with van der Waals surface area (Å²) in [5, 5.41) is 4.11. The van der Waals surface area contributed by atoms with Crippen LogP contribution in [0.2, 0.25) is 5.02 Å². The van der Waals surface area contributed by atoms with E-state index < -0.39 is 23.7 Å². The number of halogens is 4. The molecule has 0 saturated heterocycles. The maximum absolute atomic E-state index is 14.0. The highest BCUT2D eigenvalue weighted by atomic mass is 35.5. The lowest BCUT2D eigenvalue weighted by molar-refractivity contribution is -0.208. The van der Waals surface area contributed by atoms with Crippen LogP contribution in [0.25, 0.3) is 0 Å². The number of nitrogens with one attached hydrogen (secondary N) is 2. The van der Waals surface area contributed by atoms with Gasteiger partial charge in [0.1, 0.15) is 0 Å². The van der Waals surface area contributed by atoms with E-state index in [0.717, 1.165) is 0 Å². The van der Waals surface area contributed by atoms with E-state index in [2.05, 4.69) is 10.1 Å². The number of ether oxygens (including phenoxy) is 1. The van der Waals surface area contributed by atoms with Gasteiger partial charge in [0.25, 0.3) is 0 Å². The van der Waals surface area contributed by atoms with Crippen LogP contribution in [0.4, 0.5) is 18.9 Å². The summed E-state index contributed by atoms with van der Waals surface area (Å²) in [6.07, 6.45) is -5.35. The van der Waals surface area contributed by atoms with Gasteiger partial charge >= 0.3 is 17.8 Å². The van der Waals surface area contributed by atoms with Crippen molar-refractivity contribution in [2.24, 2.45) is 5.92 Å². The third-order valence-electron chi connectivity index (χ3n) is 3.52. The molecule has 0 radical (unpaired) electrons. The van der Waals surface area contributed by atoms with Gasteiger partial charge in [0.2, 0.25) is 5.91 Å². The molecule has 0 aromatic heterocycles. The summed E-state index contributed by atoms with van der Waals surface area (Å²) in [7, 11) is 0. The number of anilines is 1. The zero-order chi connectivity index (χ0) is 20.1. The van der Waals surface area contributed by atoms with Crippen LogP contribution in [0.1, 0.15) is 32.8 Å². The monoisotopic (exact) mass is 394 g/mol. The number of amides is 1. The molecule has 0 aliphatic heterocycles. The van der Waals surface area contributed by atoms with Gasteiger partial charge in [0.15, 0.2) is 0 Å². The van der Waals surface area contributed by atoms with Crippen LogP contribution < -0.4 is 10.6 Å². The minimum Gasteiger partial charge on any atom is -0.463 e. The molecule has 26 heavy (non-hydrogen) atoms. The van der Waals surface area contributed by atoms with Crippen LogP contribution >= 0.6 is 11.6 Å². The number of hydrogen-bond donors (Lipinski definition) is 2. The average Bonchev–Trinajstić information content (AvgIpc) is 2.49. The molecule has 0 unspecified atom stereocenters. The number of alkyl halides is 3. The molecule has 1 aromatic rings. The first-order valence-electron chi connectivity index (χ1n) is 8.02. The van der Waals surface area contributed by atoms with Crippen molar-refractivity contribution >= 4 is 29.2 Å². The quantitative estimate of drug-likeness (QED) is 0.541. The Labute approximate surface area is 155 Å². The number of carbonyl (C=O) groups excluding carboxylic acids is 2. The van der Waals surface area contributed by atoms with E-state index in [0.29, 0.717) is 5.56 Å². The molecule has 1 rings (SSSR count). The Hall–Kier alpha value is -1.96. The standard InChI is InChI=1S/C17H22ClF3N2O3/c1-5-26-15(25)16(17(19,20)21,23-14(24)9-10(2)3)22-13-8-6-7-12(18)11(13)4/h6-8,10,22H,5,9H2,1-4H3,(H,23,24)/t16-/m0/s1. The van der Waals surface area contributed by atoms with Crippen LogP contribution in [0.3, 0.4) is 0 Å². The molecule has 0 saturated carbocycles. The first-order chi connectivity index (χ1) is 11.9. The molecule has 0 fully saturated rings. The van der Waals surface area contributed by atoms with E-state index in [1.165, 1.54) is 32.0 Å². The van der Waals surface area contributed by atoms with E-state index >= 15 is 0 Å². The van der Waals surface area contributed by atoms with Gasteiger partial charge in [-0.1, -0.05) is 31.5 Å². The topological polar surface area (TPSA) is 67.4 Å². The smallest absolute Gasteiger partial charge is 0.441 e. The van der Waals surface area contributed by atoms with Gasteiger partial charge in [-0.2, -0.15) is 13.2 Å². The Morgan fingerprint density at radius 2 is 1.88 bits per heavy atom. The summed E-state index contributed by atoms with van der Waals surface area (Å²) in [6, 6.07) is 4.26. The molecule has 146 valence electrons. The molecule has 0 bridgehead atoms. The Bertz CT molecular complexity index is 665. The third kappa shape index (κ3) is 5.03. The largest absolute Gasteiger partial charge is 0.463 e. The molecule has 1 aromatic carbocycles. The fourth-order valence-corrected chi connectivity index (χ4v) is 2.38. The molecule has 0 spiro atoms. The number of carbonyl (C=O) groups is 2. The lowest BCUT2D eigenvalue weighted by Crippen LogP contribution is -2.69. The summed E-state index contributed by atoms with van der Waals surface area (Å²) >= 11 is 5.95. The SMILES string of the molecule is CCOC(=O)[C@@](NC(=O)CC(C)C)(Nc1cccc(Cl)c1C)C(F)(F)F. The van der Waals surface area contributed by atoms with Crippen LogP contribution in [-0.2, 0) is 14.3 Å². The highest BCUT2D eigenvalue weighted by Gasteiger charge is 2.63. The van der Waals surface area contributed by atoms with Gasteiger partial charge in [0.05, 0.1) is 6.61 Å². The first-order valence-corrected chi connectivity index (χ1v) is 8.40. The highest BCUT2D eigenvalue weighted by molar-refractivity contribution is 6.31. The number of esters is 1.